The highest BCUT2D eigenvalue weighted by atomic mass is 16.5. The average Bonchev–Trinajstić information content (AvgIpc) is 2.70. The fourth-order valence-electron chi connectivity index (χ4n) is 2.56. The van der Waals surface area contributed by atoms with E-state index in [1.807, 2.05) is 19.9 Å². The van der Waals surface area contributed by atoms with Crippen molar-refractivity contribution in [2.75, 3.05) is 10.6 Å². The first-order chi connectivity index (χ1) is 13.5. The van der Waals surface area contributed by atoms with Crippen molar-refractivity contribution < 1.29 is 9.53 Å². The molecule has 28 heavy (non-hydrogen) atoms. The number of nitriles is 1. The van der Waals surface area contributed by atoms with Crippen molar-refractivity contribution in [3.8, 4) is 11.8 Å². The number of carbonyl (C=O) groups excluding carboxylic acids is 1. The maximum atomic E-state index is 12.5. The van der Waals surface area contributed by atoms with E-state index in [1.165, 1.54) is 0 Å². The van der Waals surface area contributed by atoms with Gasteiger partial charge in [-0.15, -0.1) is 0 Å². The molecule has 2 N–H and O–H groups in total. The van der Waals surface area contributed by atoms with Gasteiger partial charge in [-0.2, -0.15) is 5.26 Å². The Morgan fingerprint density at radius 2 is 1.82 bits per heavy atom. The summed E-state index contributed by atoms with van der Waals surface area (Å²) in [6.07, 6.45) is 1.64. The molecule has 6 nitrogen and oxygen atoms in total. The van der Waals surface area contributed by atoms with E-state index < -0.39 is 0 Å². The number of para-hydroxylation sites is 1. The Bertz CT molecular complexity index is 1010. The van der Waals surface area contributed by atoms with Gasteiger partial charge in [0.25, 0.3) is 5.91 Å². The van der Waals surface area contributed by atoms with E-state index in [9.17, 15) is 10.1 Å². The largest absolute Gasteiger partial charge is 0.491 e. The number of pyridine rings is 1. The van der Waals surface area contributed by atoms with E-state index in [1.54, 1.807) is 60.8 Å². The second-order valence-electron chi connectivity index (χ2n) is 6.36. The molecule has 0 unspecified atom stereocenters. The highest BCUT2D eigenvalue weighted by molar-refractivity contribution is 6.03. The quantitative estimate of drug-likeness (QED) is 0.653. The Morgan fingerprint density at radius 1 is 1.07 bits per heavy atom. The highest BCUT2D eigenvalue weighted by Crippen LogP contribution is 2.21. The summed E-state index contributed by atoms with van der Waals surface area (Å²) in [6.45, 7) is 3.91. The molecule has 1 heterocycles. The molecule has 0 aliphatic heterocycles. The minimum Gasteiger partial charge on any atom is -0.491 e. The van der Waals surface area contributed by atoms with Crippen LogP contribution in [-0.4, -0.2) is 17.0 Å². The van der Waals surface area contributed by atoms with Crippen LogP contribution in [0.1, 0.15) is 29.9 Å². The zero-order valence-electron chi connectivity index (χ0n) is 15.6. The number of nitrogens with zero attached hydrogens (tertiary/aromatic N) is 2. The van der Waals surface area contributed by atoms with Gasteiger partial charge >= 0.3 is 0 Å². The molecule has 3 rings (SSSR count). The second kappa shape index (κ2) is 8.69. The van der Waals surface area contributed by atoms with Crippen LogP contribution in [0.2, 0.25) is 0 Å². The Morgan fingerprint density at radius 3 is 2.54 bits per heavy atom. The third-order valence-corrected chi connectivity index (χ3v) is 3.80. The molecule has 0 bridgehead atoms. The lowest BCUT2D eigenvalue weighted by atomic mass is 10.2. The predicted octanol–water partition coefficient (Wildman–Crippen LogP) is 4.74. The Labute approximate surface area is 163 Å². The van der Waals surface area contributed by atoms with Crippen molar-refractivity contribution in [2.24, 2.45) is 0 Å². The topological polar surface area (TPSA) is 87.0 Å². The highest BCUT2D eigenvalue weighted by Gasteiger charge is 2.10. The lowest BCUT2D eigenvalue weighted by molar-refractivity contribution is 0.102. The van der Waals surface area contributed by atoms with Crippen LogP contribution in [0.25, 0.3) is 0 Å². The molecule has 0 aliphatic carbocycles. The summed E-state index contributed by atoms with van der Waals surface area (Å²) in [6, 6.07) is 19.8. The van der Waals surface area contributed by atoms with Gasteiger partial charge in [-0.3, -0.25) is 9.78 Å². The second-order valence-corrected chi connectivity index (χ2v) is 6.36. The number of amides is 1. The van der Waals surface area contributed by atoms with E-state index in [4.69, 9.17) is 4.74 Å². The number of carbonyl (C=O) groups is 1. The molecule has 0 saturated heterocycles. The number of benzene rings is 2. The van der Waals surface area contributed by atoms with Crippen LogP contribution in [0.4, 0.5) is 17.1 Å². The van der Waals surface area contributed by atoms with Gasteiger partial charge in [0.15, 0.2) is 0 Å². The van der Waals surface area contributed by atoms with E-state index >= 15 is 0 Å². The molecule has 1 aromatic heterocycles. The van der Waals surface area contributed by atoms with Crippen molar-refractivity contribution in [2.45, 2.75) is 20.0 Å². The molecule has 0 fully saturated rings. The van der Waals surface area contributed by atoms with Gasteiger partial charge in [0, 0.05) is 17.6 Å². The van der Waals surface area contributed by atoms with Crippen LogP contribution in [-0.2, 0) is 0 Å². The van der Waals surface area contributed by atoms with Gasteiger partial charge in [-0.05, 0) is 62.4 Å². The van der Waals surface area contributed by atoms with Crippen LogP contribution in [0.3, 0.4) is 0 Å². The molecule has 1 amide bonds. The van der Waals surface area contributed by atoms with Gasteiger partial charge < -0.3 is 15.4 Å². The summed E-state index contributed by atoms with van der Waals surface area (Å²) in [7, 11) is 0. The maximum Gasteiger partial charge on any atom is 0.274 e. The van der Waals surface area contributed by atoms with Crippen molar-refractivity contribution >= 4 is 23.0 Å². The average molecular weight is 372 g/mol. The van der Waals surface area contributed by atoms with Crippen molar-refractivity contribution in [3.05, 3.63) is 78.1 Å². The Kier molecular flexibility index (Phi) is 5.87. The molecule has 0 spiro atoms. The summed E-state index contributed by atoms with van der Waals surface area (Å²) >= 11 is 0. The number of aromatic nitrogens is 1. The van der Waals surface area contributed by atoms with E-state index in [2.05, 4.69) is 21.7 Å². The minimum atomic E-state index is -0.324. The van der Waals surface area contributed by atoms with Gasteiger partial charge in [0.05, 0.1) is 17.4 Å². The number of hydrogen-bond acceptors (Lipinski definition) is 5. The Balaban J connectivity index is 1.71. The van der Waals surface area contributed by atoms with E-state index in [0.717, 1.165) is 5.75 Å². The molecule has 0 aliphatic rings. The predicted molar refractivity (Wildman–Crippen MR) is 109 cm³/mol. The van der Waals surface area contributed by atoms with Gasteiger partial charge in [-0.1, -0.05) is 12.1 Å². The SMILES string of the molecule is CC(C)Oc1ccc(NC(=O)c2cc(Nc3ccccc3C#N)ccn2)cc1. The molecule has 140 valence electrons. The molecular formula is C22H20N4O2. The molecule has 2 aromatic carbocycles. The number of rotatable bonds is 6. The first-order valence-corrected chi connectivity index (χ1v) is 8.85. The third kappa shape index (κ3) is 4.86. The molecule has 3 aromatic rings. The first kappa shape index (κ1) is 18.9. The smallest absolute Gasteiger partial charge is 0.274 e. The molecule has 6 heteroatoms. The minimum absolute atomic E-state index is 0.0889. The summed E-state index contributed by atoms with van der Waals surface area (Å²) in [5, 5.41) is 15.2. The summed E-state index contributed by atoms with van der Waals surface area (Å²) in [4.78, 5) is 16.7. The van der Waals surface area contributed by atoms with Crippen molar-refractivity contribution in [1.82, 2.24) is 4.98 Å². The summed E-state index contributed by atoms with van der Waals surface area (Å²) in [5.74, 6) is 0.420. The molecule has 0 atom stereocenters. The number of nitrogens with one attached hydrogen (secondary N) is 2. The van der Waals surface area contributed by atoms with Crippen LogP contribution in [0.15, 0.2) is 66.9 Å². The van der Waals surface area contributed by atoms with Gasteiger partial charge in [0.1, 0.15) is 17.5 Å². The van der Waals surface area contributed by atoms with Crippen LogP contribution in [0, 0.1) is 11.3 Å². The van der Waals surface area contributed by atoms with Crippen LogP contribution >= 0.6 is 0 Å². The zero-order chi connectivity index (χ0) is 19.9. The normalized spacial score (nSPS) is 10.2. The van der Waals surface area contributed by atoms with Crippen LogP contribution < -0.4 is 15.4 Å². The summed E-state index contributed by atoms with van der Waals surface area (Å²) in [5.41, 5.74) is 2.78. The first-order valence-electron chi connectivity index (χ1n) is 8.85. The number of hydrogen-bond donors (Lipinski definition) is 2. The fourth-order valence-corrected chi connectivity index (χ4v) is 2.56. The van der Waals surface area contributed by atoms with Gasteiger partial charge in [-0.25, -0.2) is 0 Å². The Hall–Kier alpha value is -3.85. The number of ether oxygens (including phenoxy) is 1. The lowest BCUT2D eigenvalue weighted by Gasteiger charge is -2.11. The van der Waals surface area contributed by atoms with E-state index in [-0.39, 0.29) is 17.7 Å². The van der Waals surface area contributed by atoms with Crippen molar-refractivity contribution in [3.63, 3.8) is 0 Å². The van der Waals surface area contributed by atoms with Crippen molar-refractivity contribution in [1.29, 1.82) is 5.26 Å². The fraction of sp³-hybridized carbons (Fsp3) is 0.136. The summed E-state index contributed by atoms with van der Waals surface area (Å²) < 4.78 is 5.59. The van der Waals surface area contributed by atoms with Crippen LogP contribution in [0.5, 0.6) is 5.75 Å². The molecule has 0 saturated carbocycles. The molecular weight excluding hydrogens is 352 g/mol. The third-order valence-electron chi connectivity index (χ3n) is 3.80. The van der Waals surface area contributed by atoms with E-state index in [0.29, 0.717) is 22.6 Å². The molecule has 0 radical (unpaired) electrons. The monoisotopic (exact) mass is 372 g/mol. The maximum absolute atomic E-state index is 12.5. The standard InChI is InChI=1S/C22H20N4O2/c1-15(2)28-19-9-7-17(8-10-19)26-22(27)21-13-18(11-12-24-21)25-20-6-4-3-5-16(20)14-23/h3-13,15H,1-2H3,(H,24,25)(H,26,27). The lowest BCUT2D eigenvalue weighted by Crippen LogP contribution is -2.14. The number of anilines is 3. The van der Waals surface area contributed by atoms with Gasteiger partial charge in [0.2, 0.25) is 0 Å². The zero-order valence-corrected chi connectivity index (χ0v) is 15.6.